The van der Waals surface area contributed by atoms with Crippen molar-refractivity contribution in [1.82, 2.24) is 20.0 Å². The van der Waals surface area contributed by atoms with Gasteiger partial charge in [-0.1, -0.05) is 24.3 Å². The lowest BCUT2D eigenvalue weighted by molar-refractivity contribution is 0.0951. The van der Waals surface area contributed by atoms with Gasteiger partial charge in [0.25, 0.3) is 5.91 Å². The van der Waals surface area contributed by atoms with Gasteiger partial charge in [0.1, 0.15) is 5.75 Å². The molecule has 0 aliphatic rings. The van der Waals surface area contributed by atoms with E-state index in [1.54, 1.807) is 31.4 Å². The van der Waals surface area contributed by atoms with Gasteiger partial charge in [0.2, 0.25) is 0 Å². The van der Waals surface area contributed by atoms with Gasteiger partial charge in [0.15, 0.2) is 0 Å². The Morgan fingerprint density at radius 2 is 1.79 bits per heavy atom. The SMILES string of the molecule is COc1ccc(C(=O)NCc2ccc(-c3cc(CN(C)C)n(C)n3)cc2)cc1. The van der Waals surface area contributed by atoms with Crippen LogP contribution in [0.5, 0.6) is 5.75 Å². The highest BCUT2D eigenvalue weighted by atomic mass is 16.5. The largest absolute Gasteiger partial charge is 0.497 e. The highest BCUT2D eigenvalue weighted by Crippen LogP contribution is 2.20. The van der Waals surface area contributed by atoms with Gasteiger partial charge in [0.05, 0.1) is 18.5 Å². The Labute approximate surface area is 165 Å². The zero-order valence-corrected chi connectivity index (χ0v) is 16.8. The van der Waals surface area contributed by atoms with Crippen LogP contribution in [-0.2, 0) is 20.1 Å². The zero-order chi connectivity index (χ0) is 20.1. The van der Waals surface area contributed by atoms with E-state index in [0.29, 0.717) is 12.1 Å². The predicted octanol–water partition coefficient (Wildman–Crippen LogP) is 3.09. The van der Waals surface area contributed by atoms with E-state index in [4.69, 9.17) is 4.74 Å². The smallest absolute Gasteiger partial charge is 0.251 e. The van der Waals surface area contributed by atoms with E-state index in [-0.39, 0.29) is 5.91 Å². The fraction of sp³-hybridized carbons (Fsp3) is 0.273. The number of aromatic nitrogens is 2. The highest BCUT2D eigenvalue weighted by Gasteiger charge is 2.09. The second kappa shape index (κ2) is 8.71. The van der Waals surface area contributed by atoms with E-state index >= 15 is 0 Å². The van der Waals surface area contributed by atoms with E-state index in [1.807, 2.05) is 50.1 Å². The summed E-state index contributed by atoms with van der Waals surface area (Å²) in [6.45, 7) is 1.32. The second-order valence-corrected chi connectivity index (χ2v) is 6.99. The zero-order valence-electron chi connectivity index (χ0n) is 16.8. The fourth-order valence-corrected chi connectivity index (χ4v) is 2.94. The molecule has 1 heterocycles. The number of hydrogen-bond donors (Lipinski definition) is 1. The minimum atomic E-state index is -0.107. The molecular weight excluding hydrogens is 352 g/mol. The number of aryl methyl sites for hydroxylation is 1. The molecule has 0 spiro atoms. The Balaban J connectivity index is 1.62. The maximum absolute atomic E-state index is 12.3. The van der Waals surface area contributed by atoms with E-state index in [9.17, 15) is 4.79 Å². The molecule has 0 aliphatic heterocycles. The summed E-state index contributed by atoms with van der Waals surface area (Å²) in [6.07, 6.45) is 0. The number of benzene rings is 2. The monoisotopic (exact) mass is 378 g/mol. The summed E-state index contributed by atoms with van der Waals surface area (Å²) in [4.78, 5) is 14.4. The fourth-order valence-electron chi connectivity index (χ4n) is 2.94. The molecular formula is C22H26N4O2. The minimum absolute atomic E-state index is 0.107. The van der Waals surface area contributed by atoms with Crippen molar-refractivity contribution >= 4 is 5.91 Å². The summed E-state index contributed by atoms with van der Waals surface area (Å²) in [7, 11) is 7.65. The van der Waals surface area contributed by atoms with Crippen molar-refractivity contribution in [2.24, 2.45) is 7.05 Å². The van der Waals surface area contributed by atoms with Crippen molar-refractivity contribution in [2.75, 3.05) is 21.2 Å². The van der Waals surface area contributed by atoms with Crippen LogP contribution in [0.2, 0.25) is 0 Å². The van der Waals surface area contributed by atoms with Crippen molar-refractivity contribution in [3.8, 4) is 17.0 Å². The van der Waals surface area contributed by atoms with Crippen LogP contribution in [0, 0.1) is 0 Å². The maximum Gasteiger partial charge on any atom is 0.251 e. The van der Waals surface area contributed by atoms with Crippen molar-refractivity contribution < 1.29 is 9.53 Å². The number of ether oxygens (including phenoxy) is 1. The molecule has 0 radical (unpaired) electrons. The third-order valence-electron chi connectivity index (χ3n) is 4.51. The van der Waals surface area contributed by atoms with E-state index < -0.39 is 0 Å². The van der Waals surface area contributed by atoms with Gasteiger partial charge in [-0.15, -0.1) is 0 Å². The first-order chi connectivity index (χ1) is 13.5. The average molecular weight is 378 g/mol. The van der Waals surface area contributed by atoms with Gasteiger partial charge >= 0.3 is 0 Å². The van der Waals surface area contributed by atoms with Crippen LogP contribution in [0.25, 0.3) is 11.3 Å². The molecule has 0 bridgehead atoms. The Bertz CT molecular complexity index is 928. The molecule has 0 unspecified atom stereocenters. The molecule has 2 aromatic carbocycles. The van der Waals surface area contributed by atoms with Crippen LogP contribution in [0.15, 0.2) is 54.6 Å². The molecule has 0 aliphatic carbocycles. The van der Waals surface area contributed by atoms with Crippen molar-refractivity contribution in [2.45, 2.75) is 13.1 Å². The van der Waals surface area contributed by atoms with Crippen molar-refractivity contribution in [3.63, 3.8) is 0 Å². The predicted molar refractivity (Wildman–Crippen MR) is 110 cm³/mol. The maximum atomic E-state index is 12.3. The lowest BCUT2D eigenvalue weighted by Crippen LogP contribution is -2.22. The molecule has 28 heavy (non-hydrogen) atoms. The molecule has 6 heteroatoms. The number of hydrogen-bond acceptors (Lipinski definition) is 4. The van der Waals surface area contributed by atoms with Crippen molar-refractivity contribution in [1.29, 1.82) is 0 Å². The molecule has 1 N–H and O–H groups in total. The number of carbonyl (C=O) groups is 1. The number of carbonyl (C=O) groups excluding carboxylic acids is 1. The summed E-state index contributed by atoms with van der Waals surface area (Å²) in [5.74, 6) is 0.625. The van der Waals surface area contributed by atoms with E-state index in [0.717, 1.165) is 34.8 Å². The Morgan fingerprint density at radius 1 is 1.11 bits per heavy atom. The van der Waals surface area contributed by atoms with E-state index in [1.165, 1.54) is 0 Å². The normalized spacial score (nSPS) is 10.9. The van der Waals surface area contributed by atoms with Gasteiger partial charge in [-0.3, -0.25) is 9.48 Å². The first-order valence-corrected chi connectivity index (χ1v) is 9.15. The summed E-state index contributed by atoms with van der Waals surface area (Å²) in [5.41, 5.74) is 4.82. The van der Waals surface area contributed by atoms with Gasteiger partial charge < -0.3 is 15.0 Å². The molecule has 0 saturated carbocycles. The molecule has 0 fully saturated rings. The molecule has 3 aromatic rings. The summed E-state index contributed by atoms with van der Waals surface area (Å²) < 4.78 is 7.03. The number of nitrogens with one attached hydrogen (secondary N) is 1. The number of amides is 1. The molecule has 3 rings (SSSR count). The molecule has 0 saturated heterocycles. The topological polar surface area (TPSA) is 59.4 Å². The summed E-state index contributed by atoms with van der Waals surface area (Å²) in [6, 6.07) is 17.3. The van der Waals surface area contributed by atoms with Crippen LogP contribution in [0.3, 0.4) is 0 Å². The average Bonchev–Trinajstić information content (AvgIpc) is 3.06. The second-order valence-electron chi connectivity index (χ2n) is 6.99. The molecule has 6 nitrogen and oxygen atoms in total. The summed E-state index contributed by atoms with van der Waals surface area (Å²) >= 11 is 0. The first kappa shape index (κ1) is 19.6. The van der Waals surface area contributed by atoms with Crippen LogP contribution < -0.4 is 10.1 Å². The van der Waals surface area contributed by atoms with Crippen LogP contribution >= 0.6 is 0 Å². The van der Waals surface area contributed by atoms with Crippen LogP contribution in [-0.4, -0.2) is 41.8 Å². The lowest BCUT2D eigenvalue weighted by Gasteiger charge is -2.08. The van der Waals surface area contributed by atoms with Gasteiger partial charge in [-0.2, -0.15) is 5.10 Å². The third-order valence-corrected chi connectivity index (χ3v) is 4.51. The van der Waals surface area contributed by atoms with Crippen molar-refractivity contribution in [3.05, 3.63) is 71.4 Å². The van der Waals surface area contributed by atoms with Crippen LogP contribution in [0.4, 0.5) is 0 Å². The van der Waals surface area contributed by atoms with Gasteiger partial charge in [-0.05, 0) is 50.0 Å². The molecule has 1 amide bonds. The molecule has 0 atom stereocenters. The van der Waals surface area contributed by atoms with Crippen LogP contribution in [0.1, 0.15) is 21.6 Å². The Kier molecular flexibility index (Phi) is 6.11. The van der Waals surface area contributed by atoms with Gasteiger partial charge in [0, 0.05) is 31.3 Å². The molecule has 1 aromatic heterocycles. The number of methoxy groups -OCH3 is 1. The first-order valence-electron chi connectivity index (χ1n) is 9.15. The van der Waals surface area contributed by atoms with E-state index in [2.05, 4.69) is 21.4 Å². The Morgan fingerprint density at radius 3 is 2.39 bits per heavy atom. The molecule has 146 valence electrons. The Hall–Kier alpha value is -3.12. The number of nitrogens with zero attached hydrogens (tertiary/aromatic N) is 3. The summed E-state index contributed by atoms with van der Waals surface area (Å²) in [5, 5.41) is 7.54. The lowest BCUT2D eigenvalue weighted by atomic mass is 10.1. The number of rotatable bonds is 7. The van der Waals surface area contributed by atoms with Gasteiger partial charge in [-0.25, -0.2) is 0 Å². The minimum Gasteiger partial charge on any atom is -0.497 e. The highest BCUT2D eigenvalue weighted by molar-refractivity contribution is 5.94. The third kappa shape index (κ3) is 4.78. The standard InChI is InChI=1S/C22H26N4O2/c1-25(2)15-19-13-21(24-26(19)3)17-7-5-16(6-8-17)14-23-22(27)18-9-11-20(28-4)12-10-18/h5-13H,14-15H2,1-4H3,(H,23,27). The quantitative estimate of drug-likeness (QED) is 0.686.